The minimum atomic E-state index is -1.26. The molecule has 1 amide bonds. The van der Waals surface area contributed by atoms with Gasteiger partial charge in [-0.15, -0.1) is 0 Å². The number of hydrogen-bond acceptors (Lipinski definition) is 3. The van der Waals surface area contributed by atoms with E-state index < -0.39 is 11.5 Å². The van der Waals surface area contributed by atoms with Gasteiger partial charge in [0.1, 0.15) is 11.3 Å². The Morgan fingerprint density at radius 1 is 1.38 bits per heavy atom. The average Bonchev–Trinajstić information content (AvgIpc) is 2.38. The number of amides is 1. The van der Waals surface area contributed by atoms with Crippen molar-refractivity contribution in [2.75, 3.05) is 6.61 Å². The van der Waals surface area contributed by atoms with Gasteiger partial charge in [-0.1, -0.05) is 11.6 Å². The van der Waals surface area contributed by atoms with E-state index in [0.29, 0.717) is 23.8 Å². The van der Waals surface area contributed by atoms with Crippen LogP contribution < -0.4 is 10.1 Å². The second-order valence-corrected chi connectivity index (χ2v) is 5.75. The van der Waals surface area contributed by atoms with Gasteiger partial charge in [-0.2, -0.15) is 0 Å². The number of halogens is 1. The molecule has 0 saturated heterocycles. The third-order valence-corrected chi connectivity index (χ3v) is 3.36. The van der Waals surface area contributed by atoms with E-state index >= 15 is 0 Å². The number of carboxylic acids is 1. The largest absolute Gasteiger partial charge is 0.494 e. The zero-order valence-electron chi connectivity index (χ0n) is 12.4. The van der Waals surface area contributed by atoms with Gasteiger partial charge < -0.3 is 15.2 Å². The molecular weight excluding hydrogens is 294 g/mol. The molecule has 0 atom stereocenters. The molecule has 5 nitrogen and oxygen atoms in total. The molecule has 2 N–H and O–H groups in total. The van der Waals surface area contributed by atoms with Crippen LogP contribution in [0.3, 0.4) is 0 Å². The van der Waals surface area contributed by atoms with Gasteiger partial charge in [-0.3, -0.25) is 4.79 Å². The summed E-state index contributed by atoms with van der Waals surface area (Å²) >= 11 is 5.91. The van der Waals surface area contributed by atoms with Crippen LogP contribution in [0.1, 0.15) is 32.3 Å². The van der Waals surface area contributed by atoms with Crippen LogP contribution in [-0.2, 0) is 9.59 Å². The normalized spacial score (nSPS) is 11.0. The standard InChI is InChI=1S/C15H20ClNO4/c1-10-9-11(6-7-12(10)16)21-8-4-5-13(18)17-15(2,3)14(19)20/h6-7,9H,4-5,8H2,1-3H3,(H,17,18)(H,19,20). The Hall–Kier alpha value is -1.75. The van der Waals surface area contributed by atoms with Gasteiger partial charge in [0.05, 0.1) is 6.61 Å². The Labute approximate surface area is 129 Å². The lowest BCUT2D eigenvalue weighted by Crippen LogP contribution is -2.49. The van der Waals surface area contributed by atoms with Crippen LogP contribution in [0.5, 0.6) is 5.75 Å². The average molecular weight is 314 g/mol. The molecule has 21 heavy (non-hydrogen) atoms. The second-order valence-electron chi connectivity index (χ2n) is 5.34. The zero-order valence-corrected chi connectivity index (χ0v) is 13.2. The lowest BCUT2D eigenvalue weighted by Gasteiger charge is -2.20. The number of carbonyl (C=O) groups excluding carboxylic acids is 1. The number of benzene rings is 1. The molecule has 0 aliphatic rings. The Morgan fingerprint density at radius 2 is 2.05 bits per heavy atom. The quantitative estimate of drug-likeness (QED) is 0.759. The van der Waals surface area contributed by atoms with Gasteiger partial charge >= 0.3 is 5.97 Å². The van der Waals surface area contributed by atoms with Gasteiger partial charge in [0.15, 0.2) is 0 Å². The molecule has 6 heteroatoms. The number of nitrogens with one attached hydrogen (secondary N) is 1. The van der Waals surface area contributed by atoms with Crippen molar-refractivity contribution in [3.05, 3.63) is 28.8 Å². The van der Waals surface area contributed by atoms with Crippen LogP contribution in [0.4, 0.5) is 0 Å². The van der Waals surface area contributed by atoms with E-state index in [1.165, 1.54) is 13.8 Å². The number of hydrogen-bond donors (Lipinski definition) is 2. The van der Waals surface area contributed by atoms with Crippen LogP contribution >= 0.6 is 11.6 Å². The SMILES string of the molecule is Cc1cc(OCCCC(=O)NC(C)(C)C(=O)O)ccc1Cl. The van der Waals surface area contributed by atoms with Crippen LogP contribution in [-0.4, -0.2) is 29.1 Å². The minimum absolute atomic E-state index is 0.212. The highest BCUT2D eigenvalue weighted by Crippen LogP contribution is 2.21. The minimum Gasteiger partial charge on any atom is -0.494 e. The molecule has 0 bridgehead atoms. The van der Waals surface area contributed by atoms with Gasteiger partial charge in [-0.05, 0) is 51.0 Å². The van der Waals surface area contributed by atoms with Gasteiger partial charge in [0.25, 0.3) is 0 Å². The van der Waals surface area contributed by atoms with Crippen LogP contribution in [0.2, 0.25) is 5.02 Å². The molecule has 0 saturated carbocycles. The summed E-state index contributed by atoms with van der Waals surface area (Å²) in [5.74, 6) is -0.676. The Balaban J connectivity index is 2.32. The molecule has 0 aliphatic heterocycles. The lowest BCUT2D eigenvalue weighted by atomic mass is 10.1. The predicted molar refractivity (Wildman–Crippen MR) is 80.8 cm³/mol. The maximum Gasteiger partial charge on any atom is 0.328 e. The van der Waals surface area contributed by atoms with E-state index in [1.807, 2.05) is 13.0 Å². The van der Waals surface area contributed by atoms with E-state index in [-0.39, 0.29) is 12.3 Å². The first-order valence-corrected chi connectivity index (χ1v) is 7.03. The zero-order chi connectivity index (χ0) is 16.0. The third kappa shape index (κ3) is 5.63. The van der Waals surface area contributed by atoms with Crippen molar-refractivity contribution in [3.63, 3.8) is 0 Å². The maximum atomic E-state index is 11.6. The van der Waals surface area contributed by atoms with Gasteiger partial charge in [-0.25, -0.2) is 4.79 Å². The van der Waals surface area contributed by atoms with Crippen LogP contribution in [0, 0.1) is 6.92 Å². The summed E-state index contributed by atoms with van der Waals surface area (Å²) in [5.41, 5.74) is -0.333. The molecule has 0 unspecified atom stereocenters. The van der Waals surface area contributed by atoms with E-state index in [1.54, 1.807) is 12.1 Å². The number of aliphatic carboxylic acids is 1. The van der Waals surface area contributed by atoms with Crippen molar-refractivity contribution in [3.8, 4) is 5.75 Å². The third-order valence-electron chi connectivity index (χ3n) is 2.93. The fourth-order valence-electron chi connectivity index (χ4n) is 1.59. The van der Waals surface area contributed by atoms with Gasteiger partial charge in [0, 0.05) is 11.4 Å². The lowest BCUT2D eigenvalue weighted by molar-refractivity contribution is -0.146. The summed E-state index contributed by atoms with van der Waals surface area (Å²) in [5, 5.41) is 12.0. The fraction of sp³-hybridized carbons (Fsp3) is 0.467. The molecule has 116 valence electrons. The van der Waals surface area contributed by atoms with E-state index in [9.17, 15) is 9.59 Å². The summed E-state index contributed by atoms with van der Waals surface area (Å²) in [4.78, 5) is 22.5. The van der Waals surface area contributed by atoms with E-state index in [2.05, 4.69) is 5.32 Å². The number of rotatable bonds is 7. The summed E-state index contributed by atoms with van der Waals surface area (Å²) in [6.45, 7) is 5.15. The molecule has 1 aromatic carbocycles. The predicted octanol–water partition coefficient (Wildman–Crippen LogP) is 2.79. The molecule has 0 aromatic heterocycles. The first-order chi connectivity index (χ1) is 9.72. The summed E-state index contributed by atoms with van der Waals surface area (Å²) in [6.07, 6.45) is 0.715. The molecule has 0 radical (unpaired) electrons. The molecule has 1 aromatic rings. The van der Waals surface area contributed by atoms with E-state index in [4.69, 9.17) is 21.4 Å². The first kappa shape index (κ1) is 17.3. The van der Waals surface area contributed by atoms with Crippen molar-refractivity contribution in [1.29, 1.82) is 0 Å². The highest BCUT2D eigenvalue weighted by atomic mass is 35.5. The maximum absolute atomic E-state index is 11.6. The molecule has 0 heterocycles. The smallest absolute Gasteiger partial charge is 0.328 e. The van der Waals surface area contributed by atoms with Crippen molar-refractivity contribution < 1.29 is 19.4 Å². The summed E-state index contributed by atoms with van der Waals surface area (Å²) < 4.78 is 5.51. The molecule has 1 rings (SSSR count). The molecular formula is C15H20ClNO4. The molecule has 0 aliphatic carbocycles. The monoisotopic (exact) mass is 313 g/mol. The second kappa shape index (κ2) is 7.31. The topological polar surface area (TPSA) is 75.6 Å². The highest BCUT2D eigenvalue weighted by Gasteiger charge is 2.28. The van der Waals surface area contributed by atoms with E-state index in [0.717, 1.165) is 5.56 Å². The molecule has 0 fully saturated rings. The Morgan fingerprint density at radius 3 is 2.62 bits per heavy atom. The number of ether oxygens (including phenoxy) is 1. The Kier molecular flexibility index (Phi) is 6.03. The first-order valence-electron chi connectivity index (χ1n) is 6.66. The molecule has 0 spiro atoms. The summed E-state index contributed by atoms with van der Waals surface area (Å²) in [6, 6.07) is 5.35. The van der Waals surface area contributed by atoms with Crippen molar-refractivity contribution in [2.24, 2.45) is 0 Å². The number of carboxylic acid groups (broad SMARTS) is 1. The van der Waals surface area contributed by atoms with Crippen molar-refractivity contribution >= 4 is 23.5 Å². The fourth-order valence-corrected chi connectivity index (χ4v) is 1.71. The number of aryl methyl sites for hydroxylation is 1. The summed E-state index contributed by atoms with van der Waals surface area (Å²) in [7, 11) is 0. The highest BCUT2D eigenvalue weighted by molar-refractivity contribution is 6.31. The van der Waals surface area contributed by atoms with Gasteiger partial charge in [0.2, 0.25) is 5.91 Å². The van der Waals surface area contributed by atoms with Crippen LogP contribution in [0.25, 0.3) is 0 Å². The number of carbonyl (C=O) groups is 2. The van der Waals surface area contributed by atoms with Crippen molar-refractivity contribution in [1.82, 2.24) is 5.32 Å². The Bertz CT molecular complexity index is 528. The van der Waals surface area contributed by atoms with Crippen molar-refractivity contribution in [2.45, 2.75) is 39.2 Å². The van der Waals surface area contributed by atoms with Crippen LogP contribution in [0.15, 0.2) is 18.2 Å².